The summed E-state index contributed by atoms with van der Waals surface area (Å²) in [5.41, 5.74) is 4.39. The Morgan fingerprint density at radius 1 is 1.28 bits per heavy atom. The smallest absolute Gasteiger partial charge is 0.338 e. The molecule has 0 saturated heterocycles. The standard InChI is InChI=1S/C24H25ClN4O6S/c1-4-34-23(32)20-13(2)27-24(36)28-21(20)15-7-5-6-8-17(15)35-12-19(30)29-26-11-14-9-16(25)22(31)18(10-14)33-3/h5-11,21,31H,4,12H2,1-3H3,(H,29,30)(H2,27,28,36)/t21-/m1/s1. The van der Waals surface area contributed by atoms with Crippen LogP contribution in [0.4, 0.5) is 0 Å². The van der Waals surface area contributed by atoms with Gasteiger partial charge in [0.2, 0.25) is 0 Å². The van der Waals surface area contributed by atoms with Crippen LogP contribution >= 0.6 is 23.8 Å². The lowest BCUT2D eigenvalue weighted by molar-refractivity contribution is -0.139. The Kier molecular flexibility index (Phi) is 9.09. The summed E-state index contributed by atoms with van der Waals surface area (Å²) in [6.45, 7) is 3.33. The summed E-state index contributed by atoms with van der Waals surface area (Å²) in [4.78, 5) is 25.0. The van der Waals surface area contributed by atoms with Gasteiger partial charge in [0, 0.05) is 11.3 Å². The van der Waals surface area contributed by atoms with Gasteiger partial charge in [-0.15, -0.1) is 0 Å². The van der Waals surface area contributed by atoms with Crippen LogP contribution in [0.1, 0.15) is 31.0 Å². The Balaban J connectivity index is 1.71. The number of hydrogen-bond acceptors (Lipinski definition) is 8. The summed E-state index contributed by atoms with van der Waals surface area (Å²) in [6.07, 6.45) is 1.35. The Morgan fingerprint density at radius 2 is 2.03 bits per heavy atom. The highest BCUT2D eigenvalue weighted by Gasteiger charge is 2.32. The van der Waals surface area contributed by atoms with Gasteiger partial charge in [-0.2, -0.15) is 5.10 Å². The second-order valence-corrected chi connectivity index (χ2v) is 8.28. The number of phenols is 1. The summed E-state index contributed by atoms with van der Waals surface area (Å²) in [7, 11) is 1.39. The van der Waals surface area contributed by atoms with Crippen LogP contribution in [-0.2, 0) is 14.3 Å². The lowest BCUT2D eigenvalue weighted by atomic mass is 9.95. The Bertz CT molecular complexity index is 1230. The van der Waals surface area contributed by atoms with Crippen molar-refractivity contribution >= 4 is 47.0 Å². The van der Waals surface area contributed by atoms with Crippen molar-refractivity contribution in [1.82, 2.24) is 16.1 Å². The van der Waals surface area contributed by atoms with Crippen molar-refractivity contribution in [3.8, 4) is 17.2 Å². The maximum Gasteiger partial charge on any atom is 0.338 e. The first-order valence-electron chi connectivity index (χ1n) is 10.8. The molecular weight excluding hydrogens is 508 g/mol. The number of benzene rings is 2. The van der Waals surface area contributed by atoms with E-state index in [1.165, 1.54) is 25.5 Å². The first-order valence-corrected chi connectivity index (χ1v) is 11.6. The van der Waals surface area contributed by atoms with E-state index in [-0.39, 0.29) is 29.7 Å². The van der Waals surface area contributed by atoms with Gasteiger partial charge in [-0.1, -0.05) is 29.8 Å². The molecule has 0 saturated carbocycles. The number of allylic oxidation sites excluding steroid dienone is 1. The Hall–Kier alpha value is -3.83. The quantitative estimate of drug-likeness (QED) is 0.167. The molecule has 12 heteroatoms. The molecule has 1 atom stereocenters. The second-order valence-electron chi connectivity index (χ2n) is 7.46. The van der Waals surface area contributed by atoms with Crippen LogP contribution in [0.2, 0.25) is 5.02 Å². The molecule has 0 fully saturated rings. The van der Waals surface area contributed by atoms with E-state index in [9.17, 15) is 14.7 Å². The van der Waals surface area contributed by atoms with Crippen LogP contribution in [0.15, 0.2) is 52.8 Å². The molecule has 1 aliphatic heterocycles. The molecule has 1 heterocycles. The predicted octanol–water partition coefficient (Wildman–Crippen LogP) is 2.94. The number of nitrogens with one attached hydrogen (secondary N) is 3. The van der Waals surface area contributed by atoms with Crippen molar-refractivity contribution in [1.29, 1.82) is 0 Å². The highest BCUT2D eigenvalue weighted by atomic mass is 35.5. The molecule has 0 aliphatic carbocycles. The zero-order valence-electron chi connectivity index (χ0n) is 19.8. The third-order valence-electron chi connectivity index (χ3n) is 5.03. The molecule has 0 radical (unpaired) electrons. The number of thiocarbonyl (C=S) groups is 1. The number of phenolic OH excluding ortho intramolecular Hbond substituents is 1. The molecule has 190 valence electrons. The molecular formula is C24H25ClN4O6S. The third kappa shape index (κ3) is 6.43. The van der Waals surface area contributed by atoms with Gasteiger partial charge in [0.25, 0.3) is 5.91 Å². The van der Waals surface area contributed by atoms with Crippen LogP contribution < -0.4 is 25.5 Å². The van der Waals surface area contributed by atoms with Crippen molar-refractivity contribution in [2.45, 2.75) is 19.9 Å². The molecule has 0 unspecified atom stereocenters. The number of aromatic hydroxyl groups is 1. The zero-order valence-corrected chi connectivity index (χ0v) is 21.3. The van der Waals surface area contributed by atoms with Crippen LogP contribution in [0, 0.1) is 0 Å². The Morgan fingerprint density at radius 3 is 2.75 bits per heavy atom. The van der Waals surface area contributed by atoms with Crippen molar-refractivity contribution in [3.63, 3.8) is 0 Å². The van der Waals surface area contributed by atoms with Crippen molar-refractivity contribution in [2.75, 3.05) is 20.3 Å². The number of ether oxygens (including phenoxy) is 3. The molecule has 0 bridgehead atoms. The van der Waals surface area contributed by atoms with Crippen LogP contribution in [0.5, 0.6) is 17.2 Å². The summed E-state index contributed by atoms with van der Waals surface area (Å²) in [6, 6.07) is 9.33. The van der Waals surface area contributed by atoms with E-state index in [2.05, 4.69) is 21.2 Å². The topological polar surface area (TPSA) is 131 Å². The second kappa shape index (κ2) is 12.2. The molecule has 1 amide bonds. The number of hydrogen-bond donors (Lipinski definition) is 4. The molecule has 36 heavy (non-hydrogen) atoms. The van der Waals surface area contributed by atoms with E-state index in [4.69, 9.17) is 38.0 Å². The van der Waals surface area contributed by atoms with Gasteiger partial charge in [0.15, 0.2) is 23.2 Å². The first kappa shape index (κ1) is 26.8. The van der Waals surface area contributed by atoms with Gasteiger partial charge in [-0.25, -0.2) is 10.2 Å². The van der Waals surface area contributed by atoms with Gasteiger partial charge in [0.1, 0.15) is 5.75 Å². The molecule has 0 aromatic heterocycles. The number of amides is 1. The predicted molar refractivity (Wildman–Crippen MR) is 138 cm³/mol. The molecule has 2 aromatic carbocycles. The van der Waals surface area contributed by atoms with Gasteiger partial charge in [-0.3, -0.25) is 4.79 Å². The molecule has 3 rings (SSSR count). The van der Waals surface area contributed by atoms with E-state index in [1.54, 1.807) is 38.1 Å². The maximum atomic E-state index is 12.6. The monoisotopic (exact) mass is 532 g/mol. The fourth-order valence-corrected chi connectivity index (χ4v) is 3.93. The lowest BCUT2D eigenvalue weighted by Crippen LogP contribution is -2.45. The third-order valence-corrected chi connectivity index (χ3v) is 5.53. The SMILES string of the molecule is CCOC(=O)C1=C(C)NC(=S)N[C@@H]1c1ccccc1OCC(=O)NN=Cc1cc(Cl)c(O)c(OC)c1. The summed E-state index contributed by atoms with van der Waals surface area (Å²) in [5, 5.41) is 20.1. The number of methoxy groups -OCH3 is 1. The van der Waals surface area contributed by atoms with Crippen molar-refractivity contribution in [2.24, 2.45) is 5.10 Å². The van der Waals surface area contributed by atoms with E-state index >= 15 is 0 Å². The Labute approximate surface area is 218 Å². The number of rotatable bonds is 9. The number of carbonyl (C=O) groups excluding carboxylic acids is 2. The van der Waals surface area contributed by atoms with Crippen LogP contribution in [-0.4, -0.2) is 48.6 Å². The van der Waals surface area contributed by atoms with Crippen molar-refractivity contribution < 1.29 is 28.9 Å². The summed E-state index contributed by atoms with van der Waals surface area (Å²) >= 11 is 11.2. The van der Waals surface area contributed by atoms with E-state index in [1.807, 2.05) is 0 Å². The van der Waals surface area contributed by atoms with Gasteiger partial charge in [0.05, 0.1) is 36.6 Å². The average molecular weight is 533 g/mol. The van der Waals surface area contributed by atoms with E-state index in [0.717, 1.165) is 0 Å². The van der Waals surface area contributed by atoms with Gasteiger partial charge < -0.3 is 30.0 Å². The molecule has 10 nitrogen and oxygen atoms in total. The summed E-state index contributed by atoms with van der Waals surface area (Å²) < 4.78 is 16.0. The lowest BCUT2D eigenvalue weighted by Gasteiger charge is -2.30. The molecule has 2 aromatic rings. The van der Waals surface area contributed by atoms with Crippen LogP contribution in [0.3, 0.4) is 0 Å². The highest BCUT2D eigenvalue weighted by molar-refractivity contribution is 7.80. The van der Waals surface area contributed by atoms with E-state index < -0.39 is 17.9 Å². The van der Waals surface area contributed by atoms with Crippen molar-refractivity contribution in [3.05, 3.63) is 63.8 Å². The summed E-state index contributed by atoms with van der Waals surface area (Å²) in [5.74, 6) is -0.650. The number of para-hydroxylation sites is 1. The maximum absolute atomic E-state index is 12.6. The van der Waals surface area contributed by atoms with Gasteiger partial charge >= 0.3 is 5.97 Å². The largest absolute Gasteiger partial charge is 0.503 e. The molecule has 0 spiro atoms. The molecule has 1 aliphatic rings. The first-order chi connectivity index (χ1) is 17.2. The number of esters is 1. The van der Waals surface area contributed by atoms with Gasteiger partial charge in [-0.05, 0) is 49.8 Å². The minimum absolute atomic E-state index is 0.0829. The minimum Gasteiger partial charge on any atom is -0.503 e. The van der Waals surface area contributed by atoms with Crippen LogP contribution in [0.25, 0.3) is 0 Å². The fourth-order valence-electron chi connectivity index (χ4n) is 3.44. The molecule has 4 N–H and O–H groups in total. The number of hydrazone groups is 1. The normalized spacial score (nSPS) is 15.2. The number of nitrogens with zero attached hydrogens (tertiary/aromatic N) is 1. The highest BCUT2D eigenvalue weighted by Crippen LogP contribution is 2.35. The fraction of sp³-hybridized carbons (Fsp3) is 0.250. The minimum atomic E-state index is -0.635. The zero-order chi connectivity index (χ0) is 26.2. The number of carbonyl (C=O) groups is 2. The van der Waals surface area contributed by atoms with E-state index in [0.29, 0.717) is 33.3 Å². The average Bonchev–Trinajstić information content (AvgIpc) is 2.84. The number of halogens is 1.